The van der Waals surface area contributed by atoms with Crippen LogP contribution in [0.15, 0.2) is 6.07 Å². The van der Waals surface area contributed by atoms with E-state index in [1.54, 1.807) is 0 Å². The van der Waals surface area contributed by atoms with Crippen LogP contribution in [0.4, 0.5) is 11.6 Å². The highest BCUT2D eigenvalue weighted by atomic mass is 15.2. The molecule has 0 aromatic carbocycles. The van der Waals surface area contributed by atoms with Crippen molar-refractivity contribution in [3.8, 4) is 0 Å². The van der Waals surface area contributed by atoms with E-state index in [0.29, 0.717) is 0 Å². The van der Waals surface area contributed by atoms with Crippen molar-refractivity contribution in [2.75, 3.05) is 30.9 Å². The summed E-state index contributed by atoms with van der Waals surface area (Å²) in [7, 11) is 3.83. The molecule has 0 amide bonds. The minimum absolute atomic E-state index is 0.243. The average molecular weight is 223 g/mol. The van der Waals surface area contributed by atoms with E-state index in [-0.39, 0.29) is 5.54 Å². The van der Waals surface area contributed by atoms with Gasteiger partial charge in [0.25, 0.3) is 0 Å². The SMILES string of the molecule is CNc1cc(N(C)CC(C)(C)N)nc(C)n1. The van der Waals surface area contributed by atoms with Gasteiger partial charge >= 0.3 is 0 Å². The van der Waals surface area contributed by atoms with Gasteiger partial charge in [0.15, 0.2) is 0 Å². The number of nitrogens with one attached hydrogen (secondary N) is 1. The van der Waals surface area contributed by atoms with Crippen molar-refractivity contribution in [3.63, 3.8) is 0 Å². The molecule has 0 aliphatic carbocycles. The smallest absolute Gasteiger partial charge is 0.134 e. The summed E-state index contributed by atoms with van der Waals surface area (Å²) < 4.78 is 0. The topological polar surface area (TPSA) is 67.1 Å². The maximum absolute atomic E-state index is 5.98. The highest BCUT2D eigenvalue weighted by Gasteiger charge is 2.15. The molecule has 3 N–H and O–H groups in total. The molecule has 0 unspecified atom stereocenters. The van der Waals surface area contributed by atoms with Crippen LogP contribution >= 0.6 is 0 Å². The number of anilines is 2. The fraction of sp³-hybridized carbons (Fsp3) is 0.636. The number of nitrogens with zero attached hydrogens (tertiary/aromatic N) is 3. The lowest BCUT2D eigenvalue weighted by molar-refractivity contribution is 0.517. The second kappa shape index (κ2) is 4.65. The fourth-order valence-electron chi connectivity index (χ4n) is 1.57. The summed E-state index contributed by atoms with van der Waals surface area (Å²) in [5, 5.41) is 3.02. The predicted molar refractivity (Wildman–Crippen MR) is 67.9 cm³/mol. The summed E-state index contributed by atoms with van der Waals surface area (Å²) in [6.07, 6.45) is 0. The van der Waals surface area contributed by atoms with E-state index in [1.807, 2.05) is 45.8 Å². The Labute approximate surface area is 97.1 Å². The molecule has 1 aromatic heterocycles. The Balaban J connectivity index is 2.90. The Morgan fingerprint density at radius 2 is 2.06 bits per heavy atom. The van der Waals surface area contributed by atoms with Crippen molar-refractivity contribution in [1.29, 1.82) is 0 Å². The summed E-state index contributed by atoms with van der Waals surface area (Å²) >= 11 is 0. The first-order chi connectivity index (χ1) is 7.31. The van der Waals surface area contributed by atoms with E-state index in [2.05, 4.69) is 15.3 Å². The van der Waals surface area contributed by atoms with Gasteiger partial charge in [0, 0.05) is 32.2 Å². The number of nitrogens with two attached hydrogens (primary N) is 1. The molecule has 90 valence electrons. The first-order valence-electron chi connectivity index (χ1n) is 5.35. The molecule has 1 heterocycles. The standard InChI is InChI=1S/C11H21N5/c1-8-14-9(13-4)6-10(15-8)16(5)7-11(2,3)12/h6H,7,12H2,1-5H3,(H,13,14,15). The maximum Gasteiger partial charge on any atom is 0.134 e. The van der Waals surface area contributed by atoms with Gasteiger partial charge in [-0.1, -0.05) is 0 Å². The highest BCUT2D eigenvalue weighted by molar-refractivity contribution is 5.48. The predicted octanol–water partition coefficient (Wildman–Crippen LogP) is 1.00. The molecule has 0 bridgehead atoms. The quantitative estimate of drug-likeness (QED) is 0.797. The molecule has 0 spiro atoms. The van der Waals surface area contributed by atoms with Gasteiger partial charge in [-0.2, -0.15) is 0 Å². The minimum atomic E-state index is -0.243. The van der Waals surface area contributed by atoms with E-state index in [4.69, 9.17) is 5.73 Å². The van der Waals surface area contributed by atoms with Crippen LogP contribution in [0.25, 0.3) is 0 Å². The third-order valence-corrected chi connectivity index (χ3v) is 2.12. The largest absolute Gasteiger partial charge is 0.373 e. The van der Waals surface area contributed by atoms with Crippen LogP contribution in [0.5, 0.6) is 0 Å². The molecule has 0 aliphatic rings. The third-order valence-electron chi connectivity index (χ3n) is 2.12. The molecule has 0 saturated carbocycles. The number of likely N-dealkylation sites (N-methyl/N-ethyl adjacent to an activating group) is 1. The number of aromatic nitrogens is 2. The van der Waals surface area contributed by atoms with Gasteiger partial charge < -0.3 is 16.0 Å². The Kier molecular flexibility index (Phi) is 3.70. The van der Waals surface area contributed by atoms with Crippen LogP contribution in [0.1, 0.15) is 19.7 Å². The van der Waals surface area contributed by atoms with E-state index < -0.39 is 0 Å². The number of aryl methyl sites for hydroxylation is 1. The monoisotopic (exact) mass is 223 g/mol. The number of rotatable bonds is 4. The zero-order chi connectivity index (χ0) is 12.3. The van der Waals surface area contributed by atoms with Gasteiger partial charge in [-0.05, 0) is 20.8 Å². The summed E-state index contributed by atoms with van der Waals surface area (Å²) in [5.41, 5.74) is 5.74. The molecular weight excluding hydrogens is 202 g/mol. The summed E-state index contributed by atoms with van der Waals surface area (Å²) in [4.78, 5) is 10.7. The second-order valence-electron chi connectivity index (χ2n) is 4.75. The molecule has 1 rings (SSSR count). The van der Waals surface area contributed by atoms with E-state index in [9.17, 15) is 0 Å². The maximum atomic E-state index is 5.98. The van der Waals surface area contributed by atoms with Gasteiger partial charge in [0.1, 0.15) is 17.5 Å². The number of hydrogen-bond donors (Lipinski definition) is 2. The minimum Gasteiger partial charge on any atom is -0.373 e. The van der Waals surface area contributed by atoms with E-state index in [0.717, 1.165) is 24.0 Å². The molecule has 0 fully saturated rings. The fourth-order valence-corrected chi connectivity index (χ4v) is 1.57. The van der Waals surface area contributed by atoms with Crippen molar-refractivity contribution in [2.24, 2.45) is 5.73 Å². The van der Waals surface area contributed by atoms with Crippen molar-refractivity contribution in [2.45, 2.75) is 26.3 Å². The molecule has 5 nitrogen and oxygen atoms in total. The van der Waals surface area contributed by atoms with Crippen molar-refractivity contribution < 1.29 is 0 Å². The molecule has 1 aromatic rings. The molecule has 0 atom stereocenters. The lowest BCUT2D eigenvalue weighted by Gasteiger charge is -2.27. The zero-order valence-corrected chi connectivity index (χ0v) is 10.7. The van der Waals surface area contributed by atoms with E-state index >= 15 is 0 Å². The van der Waals surface area contributed by atoms with Crippen LogP contribution in [-0.4, -0.2) is 36.1 Å². The lowest BCUT2D eigenvalue weighted by atomic mass is 10.1. The molecule has 0 aliphatic heterocycles. The third kappa shape index (κ3) is 3.66. The first-order valence-corrected chi connectivity index (χ1v) is 5.35. The van der Waals surface area contributed by atoms with Crippen LogP contribution < -0.4 is 16.0 Å². The normalized spacial score (nSPS) is 11.4. The van der Waals surface area contributed by atoms with Crippen LogP contribution in [0, 0.1) is 6.92 Å². The Morgan fingerprint density at radius 3 is 2.56 bits per heavy atom. The van der Waals surface area contributed by atoms with Gasteiger partial charge in [-0.25, -0.2) is 9.97 Å². The van der Waals surface area contributed by atoms with E-state index in [1.165, 1.54) is 0 Å². The summed E-state index contributed by atoms with van der Waals surface area (Å²) in [6, 6.07) is 1.92. The van der Waals surface area contributed by atoms with Crippen molar-refractivity contribution in [1.82, 2.24) is 9.97 Å². The van der Waals surface area contributed by atoms with Crippen LogP contribution in [-0.2, 0) is 0 Å². The van der Waals surface area contributed by atoms with Crippen molar-refractivity contribution in [3.05, 3.63) is 11.9 Å². The first kappa shape index (κ1) is 12.7. The second-order valence-corrected chi connectivity index (χ2v) is 4.75. The Bertz CT molecular complexity index is 356. The van der Waals surface area contributed by atoms with Crippen LogP contribution in [0.3, 0.4) is 0 Å². The van der Waals surface area contributed by atoms with Gasteiger partial charge in [0.2, 0.25) is 0 Å². The van der Waals surface area contributed by atoms with Crippen LogP contribution in [0.2, 0.25) is 0 Å². The lowest BCUT2D eigenvalue weighted by Crippen LogP contribution is -2.44. The van der Waals surface area contributed by atoms with Crippen molar-refractivity contribution >= 4 is 11.6 Å². The average Bonchev–Trinajstić information content (AvgIpc) is 2.14. The highest BCUT2D eigenvalue weighted by Crippen LogP contribution is 2.15. The molecule has 5 heteroatoms. The molecule has 0 radical (unpaired) electrons. The molecule has 16 heavy (non-hydrogen) atoms. The van der Waals surface area contributed by atoms with Gasteiger partial charge in [-0.15, -0.1) is 0 Å². The summed E-state index contributed by atoms with van der Waals surface area (Å²) in [6.45, 7) is 6.62. The Hall–Kier alpha value is -1.36. The summed E-state index contributed by atoms with van der Waals surface area (Å²) in [5.74, 6) is 2.46. The zero-order valence-electron chi connectivity index (χ0n) is 10.7. The number of hydrogen-bond acceptors (Lipinski definition) is 5. The van der Waals surface area contributed by atoms with Gasteiger partial charge in [0.05, 0.1) is 0 Å². The molecular formula is C11H21N5. The van der Waals surface area contributed by atoms with Gasteiger partial charge in [-0.3, -0.25) is 0 Å². The molecule has 0 saturated heterocycles. The Morgan fingerprint density at radius 1 is 1.44 bits per heavy atom.